The van der Waals surface area contributed by atoms with Crippen LogP contribution in [0.5, 0.6) is 0 Å². The highest BCUT2D eigenvalue weighted by Gasteiger charge is 2.26. The summed E-state index contributed by atoms with van der Waals surface area (Å²) >= 11 is 8.01. The first-order chi connectivity index (χ1) is 9.75. The summed E-state index contributed by atoms with van der Waals surface area (Å²) in [6, 6.07) is 8.79. The maximum atomic E-state index is 13.6. The molecule has 0 saturated carbocycles. The minimum atomic E-state index is -0.235. The lowest BCUT2D eigenvalue weighted by Gasteiger charge is -2.35. The fourth-order valence-electron chi connectivity index (χ4n) is 2.64. The van der Waals surface area contributed by atoms with Gasteiger partial charge in [-0.05, 0) is 35.2 Å². The zero-order valence-corrected chi connectivity index (χ0v) is 15.0. The molecule has 1 aliphatic heterocycles. The number of hydrogen-bond donors (Lipinski definition) is 1. The van der Waals surface area contributed by atoms with Crippen molar-refractivity contribution in [2.24, 2.45) is 0 Å². The van der Waals surface area contributed by atoms with Gasteiger partial charge >= 0.3 is 0 Å². The van der Waals surface area contributed by atoms with Gasteiger partial charge in [-0.2, -0.15) is 0 Å². The van der Waals surface area contributed by atoms with Gasteiger partial charge in [-0.15, -0.1) is 36.2 Å². The lowest BCUT2D eigenvalue weighted by Crippen LogP contribution is -2.45. The quantitative estimate of drug-likeness (QED) is 0.846. The molecule has 1 fully saturated rings. The Balaban J connectivity index is 0.00000121. The van der Waals surface area contributed by atoms with Crippen LogP contribution in [0.2, 0.25) is 5.02 Å². The second-order valence-corrected chi connectivity index (χ2v) is 6.26. The van der Waals surface area contributed by atoms with Gasteiger partial charge in [0.05, 0.1) is 6.04 Å². The molecule has 2 heterocycles. The van der Waals surface area contributed by atoms with Gasteiger partial charge in [0, 0.05) is 36.1 Å². The first-order valence-electron chi connectivity index (χ1n) is 6.69. The zero-order valence-electron chi connectivity index (χ0n) is 11.8. The Morgan fingerprint density at radius 2 is 1.91 bits per heavy atom. The summed E-state index contributed by atoms with van der Waals surface area (Å²) in [7, 11) is 0. The molecule has 0 bridgehead atoms. The highest BCUT2D eigenvalue weighted by Crippen LogP contribution is 2.36. The summed E-state index contributed by atoms with van der Waals surface area (Å²) in [5.74, 6) is -0.235. The average Bonchev–Trinajstić information content (AvgIpc) is 2.98. The summed E-state index contributed by atoms with van der Waals surface area (Å²) in [6.45, 7) is 3.79. The van der Waals surface area contributed by atoms with Crippen molar-refractivity contribution >= 4 is 47.8 Å². The number of halogens is 4. The summed E-state index contributed by atoms with van der Waals surface area (Å²) in [5.41, 5.74) is 0.857. The Bertz CT molecular complexity index is 574. The number of nitrogens with zero attached hydrogens (tertiary/aromatic N) is 1. The highest BCUT2D eigenvalue weighted by atomic mass is 35.5. The maximum Gasteiger partial charge on any atom is 0.123 e. The largest absolute Gasteiger partial charge is 0.314 e. The van der Waals surface area contributed by atoms with Crippen LogP contribution in [-0.2, 0) is 0 Å². The van der Waals surface area contributed by atoms with E-state index in [4.69, 9.17) is 11.6 Å². The molecule has 1 saturated heterocycles. The van der Waals surface area contributed by atoms with Gasteiger partial charge in [-0.1, -0.05) is 17.7 Å². The molecule has 1 aliphatic rings. The predicted molar refractivity (Wildman–Crippen MR) is 96.5 cm³/mol. The first kappa shape index (κ1) is 19.7. The van der Waals surface area contributed by atoms with E-state index in [0.29, 0.717) is 5.02 Å². The van der Waals surface area contributed by atoms with Crippen molar-refractivity contribution in [3.8, 4) is 0 Å². The fraction of sp³-hybridized carbons (Fsp3) is 0.333. The van der Waals surface area contributed by atoms with Gasteiger partial charge in [0.15, 0.2) is 0 Å². The van der Waals surface area contributed by atoms with Crippen molar-refractivity contribution < 1.29 is 4.39 Å². The molecule has 0 unspecified atom stereocenters. The summed E-state index contributed by atoms with van der Waals surface area (Å²) < 4.78 is 13.6. The molecule has 2 nitrogen and oxygen atoms in total. The maximum absolute atomic E-state index is 13.6. The van der Waals surface area contributed by atoms with Gasteiger partial charge in [-0.25, -0.2) is 4.39 Å². The molecule has 1 atom stereocenters. The second kappa shape index (κ2) is 9.06. The number of piperazine rings is 1. The fourth-order valence-corrected chi connectivity index (χ4v) is 3.74. The van der Waals surface area contributed by atoms with Crippen molar-refractivity contribution in [3.05, 3.63) is 57.0 Å². The van der Waals surface area contributed by atoms with E-state index in [2.05, 4.69) is 21.7 Å². The van der Waals surface area contributed by atoms with Crippen LogP contribution in [0, 0.1) is 5.82 Å². The smallest absolute Gasteiger partial charge is 0.123 e. The third kappa shape index (κ3) is 4.34. The van der Waals surface area contributed by atoms with Crippen molar-refractivity contribution in [1.29, 1.82) is 0 Å². The molecule has 22 heavy (non-hydrogen) atoms. The second-order valence-electron chi connectivity index (χ2n) is 4.87. The van der Waals surface area contributed by atoms with Gasteiger partial charge in [-0.3, -0.25) is 4.90 Å². The van der Waals surface area contributed by atoms with Gasteiger partial charge in [0.2, 0.25) is 0 Å². The van der Waals surface area contributed by atoms with Crippen LogP contribution in [0.15, 0.2) is 35.7 Å². The molecule has 2 aromatic rings. The molecule has 3 rings (SSSR count). The van der Waals surface area contributed by atoms with Gasteiger partial charge in [0.1, 0.15) is 5.82 Å². The number of thiophene rings is 1. The molecule has 7 heteroatoms. The molecular weight excluding hydrogens is 366 g/mol. The molecule has 1 aromatic carbocycles. The molecule has 0 aliphatic carbocycles. The summed E-state index contributed by atoms with van der Waals surface area (Å²) in [6.07, 6.45) is 0. The minimum absolute atomic E-state index is 0. The van der Waals surface area contributed by atoms with E-state index in [1.165, 1.54) is 10.9 Å². The van der Waals surface area contributed by atoms with Crippen LogP contribution in [0.1, 0.15) is 16.5 Å². The van der Waals surface area contributed by atoms with E-state index in [1.54, 1.807) is 23.5 Å². The Morgan fingerprint density at radius 3 is 2.55 bits per heavy atom. The third-order valence-corrected chi connectivity index (χ3v) is 4.85. The Hall–Kier alpha value is -0.360. The van der Waals surface area contributed by atoms with E-state index in [0.717, 1.165) is 31.7 Å². The lowest BCUT2D eigenvalue weighted by atomic mass is 10.0. The van der Waals surface area contributed by atoms with E-state index in [-0.39, 0.29) is 36.7 Å². The zero-order chi connectivity index (χ0) is 13.9. The minimum Gasteiger partial charge on any atom is -0.314 e. The molecule has 122 valence electrons. The molecule has 1 aromatic heterocycles. The van der Waals surface area contributed by atoms with Crippen LogP contribution in [0.3, 0.4) is 0 Å². The predicted octanol–water partition coefficient (Wildman–Crippen LogP) is 4.38. The van der Waals surface area contributed by atoms with Crippen LogP contribution < -0.4 is 5.32 Å². The van der Waals surface area contributed by atoms with Crippen molar-refractivity contribution in [1.82, 2.24) is 10.2 Å². The normalized spacial score (nSPS) is 16.5. The Morgan fingerprint density at radius 1 is 1.18 bits per heavy atom. The SMILES string of the molecule is Cl.Cl.Fc1ccc(Cl)c([C@@H](c2cccs2)N2CCNCC2)c1. The third-order valence-electron chi connectivity index (χ3n) is 3.58. The molecule has 0 radical (unpaired) electrons. The van der Waals surface area contributed by atoms with Crippen LogP contribution in [0.25, 0.3) is 0 Å². The van der Waals surface area contributed by atoms with E-state index < -0.39 is 0 Å². The van der Waals surface area contributed by atoms with Crippen LogP contribution >= 0.6 is 47.8 Å². The highest BCUT2D eigenvalue weighted by molar-refractivity contribution is 7.10. The molecule has 0 spiro atoms. The average molecular weight is 384 g/mol. The summed E-state index contributed by atoms with van der Waals surface area (Å²) in [4.78, 5) is 3.57. The number of benzene rings is 1. The van der Waals surface area contributed by atoms with Crippen LogP contribution in [0.4, 0.5) is 4.39 Å². The molecule has 1 N–H and O–H groups in total. The summed E-state index contributed by atoms with van der Waals surface area (Å²) in [5, 5.41) is 6.03. The van der Waals surface area contributed by atoms with Gasteiger partial charge in [0.25, 0.3) is 0 Å². The number of rotatable bonds is 3. The number of hydrogen-bond acceptors (Lipinski definition) is 3. The molecular formula is C15H18Cl3FN2S. The van der Waals surface area contributed by atoms with E-state index in [9.17, 15) is 4.39 Å². The Kier molecular flexibility index (Phi) is 8.11. The van der Waals surface area contributed by atoms with Crippen LogP contribution in [-0.4, -0.2) is 31.1 Å². The molecule has 0 amide bonds. The van der Waals surface area contributed by atoms with E-state index in [1.807, 2.05) is 6.07 Å². The number of nitrogens with one attached hydrogen (secondary N) is 1. The van der Waals surface area contributed by atoms with Gasteiger partial charge < -0.3 is 5.32 Å². The first-order valence-corrected chi connectivity index (χ1v) is 7.94. The van der Waals surface area contributed by atoms with E-state index >= 15 is 0 Å². The standard InChI is InChI=1S/C15H16ClFN2S.2ClH/c16-13-4-3-11(17)10-12(13)15(14-2-1-9-20-14)19-7-5-18-6-8-19;;/h1-4,9-10,15,18H,5-8H2;2*1H/t15-;;/m0../s1. The van der Waals surface area contributed by atoms with Crippen molar-refractivity contribution in [3.63, 3.8) is 0 Å². The van der Waals surface area contributed by atoms with Crippen molar-refractivity contribution in [2.45, 2.75) is 6.04 Å². The topological polar surface area (TPSA) is 15.3 Å². The van der Waals surface area contributed by atoms with Crippen molar-refractivity contribution in [2.75, 3.05) is 26.2 Å². The lowest BCUT2D eigenvalue weighted by molar-refractivity contribution is 0.200. The Labute approximate surface area is 151 Å². The monoisotopic (exact) mass is 382 g/mol.